The van der Waals surface area contributed by atoms with Gasteiger partial charge in [0.2, 0.25) is 0 Å². The lowest BCUT2D eigenvalue weighted by molar-refractivity contribution is 1.17. The summed E-state index contributed by atoms with van der Waals surface area (Å²) in [4.78, 5) is 0. The van der Waals surface area contributed by atoms with E-state index in [-0.39, 0.29) is 0 Å². The van der Waals surface area contributed by atoms with Crippen LogP contribution in [0.5, 0.6) is 0 Å². The molecule has 1 heterocycles. The fraction of sp³-hybridized carbons (Fsp3) is 0. The number of aromatic nitrogens is 1. The highest BCUT2D eigenvalue weighted by Crippen LogP contribution is 2.36. The topological polar surface area (TPSA) is 4.93 Å². The second-order valence-corrected chi connectivity index (χ2v) is 7.26. The summed E-state index contributed by atoms with van der Waals surface area (Å²) in [6, 6.07) is 34.3. The molecule has 1 aromatic heterocycles. The van der Waals surface area contributed by atoms with E-state index < -0.39 is 0 Å². The standard InChI is InChI=1S/C24H16BrN/c25-21-15-14-18(17-8-2-1-3-9-17)16-24(21)26-22-12-6-4-10-19(22)20-11-5-7-13-23(20)26/h1-16H. The molecular weight excluding hydrogens is 382 g/mol. The zero-order valence-electron chi connectivity index (χ0n) is 14.1. The van der Waals surface area contributed by atoms with Crippen LogP contribution in [0.2, 0.25) is 0 Å². The molecule has 0 aliphatic heterocycles. The average molecular weight is 398 g/mol. The number of halogens is 1. The number of hydrogen-bond acceptors (Lipinski definition) is 0. The van der Waals surface area contributed by atoms with Crippen molar-refractivity contribution in [3.05, 3.63) is 102 Å². The monoisotopic (exact) mass is 397 g/mol. The Labute approximate surface area is 160 Å². The molecule has 0 unspecified atom stereocenters. The molecule has 0 bridgehead atoms. The van der Waals surface area contributed by atoms with Crippen molar-refractivity contribution in [2.24, 2.45) is 0 Å². The summed E-state index contributed by atoms with van der Waals surface area (Å²) in [5, 5.41) is 2.56. The van der Waals surface area contributed by atoms with Crippen LogP contribution in [0.1, 0.15) is 0 Å². The first kappa shape index (κ1) is 15.4. The predicted molar refractivity (Wildman–Crippen MR) is 114 cm³/mol. The summed E-state index contributed by atoms with van der Waals surface area (Å²) < 4.78 is 3.44. The van der Waals surface area contributed by atoms with Crippen molar-refractivity contribution >= 4 is 37.7 Å². The number of fused-ring (bicyclic) bond motifs is 3. The van der Waals surface area contributed by atoms with Gasteiger partial charge in [-0.05, 0) is 51.3 Å². The Morgan fingerprint density at radius 2 is 1.12 bits per heavy atom. The molecule has 0 saturated carbocycles. The Hall–Kier alpha value is -2.84. The molecule has 0 aliphatic carbocycles. The smallest absolute Gasteiger partial charge is 0.0610 e. The summed E-state index contributed by atoms with van der Waals surface area (Å²) in [5.41, 5.74) is 6.04. The molecule has 5 aromatic rings. The molecule has 0 N–H and O–H groups in total. The van der Waals surface area contributed by atoms with Gasteiger partial charge in [-0.15, -0.1) is 0 Å². The predicted octanol–water partition coefficient (Wildman–Crippen LogP) is 7.21. The van der Waals surface area contributed by atoms with Crippen LogP contribution >= 0.6 is 15.9 Å². The molecule has 0 aliphatic rings. The first-order valence-corrected chi connectivity index (χ1v) is 9.46. The Morgan fingerprint density at radius 1 is 0.538 bits per heavy atom. The second kappa shape index (κ2) is 6.15. The van der Waals surface area contributed by atoms with Crippen LogP contribution in [0.3, 0.4) is 0 Å². The Kier molecular flexibility index (Phi) is 3.65. The molecule has 26 heavy (non-hydrogen) atoms. The van der Waals surface area contributed by atoms with Crippen LogP contribution in [0.4, 0.5) is 0 Å². The molecule has 0 radical (unpaired) electrons. The van der Waals surface area contributed by atoms with Crippen molar-refractivity contribution in [1.82, 2.24) is 4.57 Å². The Morgan fingerprint density at radius 3 is 1.77 bits per heavy atom. The highest BCUT2D eigenvalue weighted by molar-refractivity contribution is 9.10. The van der Waals surface area contributed by atoms with Crippen molar-refractivity contribution in [2.45, 2.75) is 0 Å². The van der Waals surface area contributed by atoms with Crippen LogP contribution < -0.4 is 0 Å². The molecule has 1 nitrogen and oxygen atoms in total. The highest BCUT2D eigenvalue weighted by atomic mass is 79.9. The van der Waals surface area contributed by atoms with E-state index in [4.69, 9.17) is 0 Å². The van der Waals surface area contributed by atoms with E-state index in [1.165, 1.54) is 32.9 Å². The summed E-state index contributed by atoms with van der Waals surface area (Å²) >= 11 is 3.78. The summed E-state index contributed by atoms with van der Waals surface area (Å²) in [6.45, 7) is 0. The molecule has 0 saturated heterocycles. The van der Waals surface area contributed by atoms with E-state index in [0.29, 0.717) is 0 Å². The minimum atomic E-state index is 1.09. The van der Waals surface area contributed by atoms with E-state index in [2.05, 4.69) is 118 Å². The van der Waals surface area contributed by atoms with Gasteiger partial charge in [0.1, 0.15) is 0 Å². The largest absolute Gasteiger partial charge is 0.308 e. The van der Waals surface area contributed by atoms with Crippen LogP contribution in [0.25, 0.3) is 38.6 Å². The SMILES string of the molecule is Brc1ccc(-c2ccccc2)cc1-n1c2ccccc2c2ccccc21. The summed E-state index contributed by atoms with van der Waals surface area (Å²) in [6.07, 6.45) is 0. The zero-order chi connectivity index (χ0) is 17.5. The zero-order valence-corrected chi connectivity index (χ0v) is 15.6. The number of benzene rings is 4. The number of para-hydroxylation sites is 2. The van der Waals surface area contributed by atoms with Gasteiger partial charge in [0, 0.05) is 15.2 Å². The van der Waals surface area contributed by atoms with E-state index in [9.17, 15) is 0 Å². The first-order chi connectivity index (χ1) is 12.8. The van der Waals surface area contributed by atoms with Crippen molar-refractivity contribution in [3.8, 4) is 16.8 Å². The third-order valence-corrected chi connectivity index (χ3v) is 5.54. The quantitative estimate of drug-likeness (QED) is 0.296. The molecule has 0 amide bonds. The molecule has 124 valence electrons. The number of rotatable bonds is 2. The van der Waals surface area contributed by atoms with Crippen LogP contribution in [-0.2, 0) is 0 Å². The lowest BCUT2D eigenvalue weighted by Gasteiger charge is -2.12. The van der Waals surface area contributed by atoms with E-state index in [1.54, 1.807) is 0 Å². The van der Waals surface area contributed by atoms with Gasteiger partial charge in [0.15, 0.2) is 0 Å². The molecule has 2 heteroatoms. The van der Waals surface area contributed by atoms with Gasteiger partial charge in [-0.1, -0.05) is 72.8 Å². The second-order valence-electron chi connectivity index (χ2n) is 6.40. The molecule has 0 fully saturated rings. The normalized spacial score (nSPS) is 11.3. The summed E-state index contributed by atoms with van der Waals surface area (Å²) in [7, 11) is 0. The number of nitrogens with zero attached hydrogens (tertiary/aromatic N) is 1. The lowest BCUT2D eigenvalue weighted by Crippen LogP contribution is -1.95. The maximum absolute atomic E-state index is 3.78. The molecular formula is C24H16BrN. The van der Waals surface area contributed by atoms with Gasteiger partial charge in [-0.3, -0.25) is 0 Å². The van der Waals surface area contributed by atoms with Gasteiger partial charge >= 0.3 is 0 Å². The van der Waals surface area contributed by atoms with Crippen molar-refractivity contribution in [2.75, 3.05) is 0 Å². The van der Waals surface area contributed by atoms with E-state index >= 15 is 0 Å². The van der Waals surface area contributed by atoms with E-state index in [0.717, 1.165) is 10.2 Å². The summed E-state index contributed by atoms with van der Waals surface area (Å²) in [5.74, 6) is 0. The maximum Gasteiger partial charge on any atom is 0.0610 e. The van der Waals surface area contributed by atoms with Gasteiger partial charge in [-0.25, -0.2) is 0 Å². The van der Waals surface area contributed by atoms with Gasteiger partial charge in [0.25, 0.3) is 0 Å². The maximum atomic E-state index is 3.78. The molecule has 0 atom stereocenters. The molecule has 5 rings (SSSR count). The highest BCUT2D eigenvalue weighted by Gasteiger charge is 2.14. The fourth-order valence-corrected chi connectivity index (χ4v) is 4.10. The van der Waals surface area contributed by atoms with E-state index in [1.807, 2.05) is 0 Å². The average Bonchev–Trinajstić information content (AvgIpc) is 3.04. The minimum Gasteiger partial charge on any atom is -0.308 e. The molecule has 0 spiro atoms. The fourth-order valence-electron chi connectivity index (χ4n) is 3.68. The van der Waals surface area contributed by atoms with Crippen molar-refractivity contribution in [1.29, 1.82) is 0 Å². The molecule has 4 aromatic carbocycles. The number of hydrogen-bond donors (Lipinski definition) is 0. The van der Waals surface area contributed by atoms with Crippen molar-refractivity contribution in [3.63, 3.8) is 0 Å². The first-order valence-electron chi connectivity index (χ1n) is 8.66. The van der Waals surface area contributed by atoms with Crippen molar-refractivity contribution < 1.29 is 0 Å². The third-order valence-electron chi connectivity index (χ3n) is 4.87. The lowest BCUT2D eigenvalue weighted by atomic mass is 10.1. The Balaban J connectivity index is 1.85. The van der Waals surface area contributed by atoms with Gasteiger partial charge in [-0.2, -0.15) is 0 Å². The van der Waals surface area contributed by atoms with Gasteiger partial charge < -0.3 is 4.57 Å². The third kappa shape index (κ3) is 2.38. The van der Waals surface area contributed by atoms with Crippen LogP contribution in [0, 0.1) is 0 Å². The van der Waals surface area contributed by atoms with Crippen LogP contribution in [-0.4, -0.2) is 4.57 Å². The van der Waals surface area contributed by atoms with Crippen LogP contribution in [0.15, 0.2) is 102 Å². The Bertz CT molecular complexity index is 1180. The minimum absolute atomic E-state index is 1.09. The van der Waals surface area contributed by atoms with Gasteiger partial charge in [0.05, 0.1) is 16.7 Å².